The molecule has 0 saturated heterocycles. The molecule has 3 rings (SSSR count). The maximum atomic E-state index is 12.3. The van der Waals surface area contributed by atoms with E-state index in [0.29, 0.717) is 12.0 Å². The number of benzene rings is 2. The Balaban J connectivity index is 1.82. The lowest BCUT2D eigenvalue weighted by Crippen LogP contribution is -2.36. The SMILES string of the molecule is CCc1oc2ccccc2c1/C=C\C(=O)N[C@H](C(N)=O)c1ccccc1. The summed E-state index contributed by atoms with van der Waals surface area (Å²) in [6, 6.07) is 15.7. The Labute approximate surface area is 151 Å². The van der Waals surface area contributed by atoms with Crippen molar-refractivity contribution in [3.63, 3.8) is 0 Å². The third-order valence-corrected chi connectivity index (χ3v) is 4.14. The van der Waals surface area contributed by atoms with Crippen molar-refractivity contribution >= 4 is 28.9 Å². The van der Waals surface area contributed by atoms with Crippen molar-refractivity contribution in [2.45, 2.75) is 19.4 Å². The first-order valence-corrected chi connectivity index (χ1v) is 8.43. The smallest absolute Gasteiger partial charge is 0.244 e. The average Bonchev–Trinajstić information content (AvgIpc) is 3.02. The highest BCUT2D eigenvalue weighted by atomic mass is 16.3. The Morgan fingerprint density at radius 2 is 1.81 bits per heavy atom. The van der Waals surface area contributed by atoms with E-state index in [9.17, 15) is 9.59 Å². The maximum Gasteiger partial charge on any atom is 0.244 e. The summed E-state index contributed by atoms with van der Waals surface area (Å²) in [4.78, 5) is 24.0. The second-order valence-corrected chi connectivity index (χ2v) is 5.88. The fraction of sp³-hybridized carbons (Fsp3) is 0.143. The normalized spacial score (nSPS) is 12.3. The average molecular weight is 348 g/mol. The maximum absolute atomic E-state index is 12.3. The highest BCUT2D eigenvalue weighted by Gasteiger charge is 2.19. The largest absolute Gasteiger partial charge is 0.460 e. The first kappa shape index (κ1) is 17.5. The zero-order valence-electron chi connectivity index (χ0n) is 14.4. The van der Waals surface area contributed by atoms with E-state index in [1.165, 1.54) is 6.08 Å². The molecule has 1 aromatic heterocycles. The summed E-state index contributed by atoms with van der Waals surface area (Å²) in [5.74, 6) is -0.198. The second-order valence-electron chi connectivity index (χ2n) is 5.88. The zero-order valence-corrected chi connectivity index (χ0v) is 14.4. The number of aryl methyl sites for hydroxylation is 1. The number of furan rings is 1. The van der Waals surface area contributed by atoms with Crippen LogP contribution < -0.4 is 11.1 Å². The Kier molecular flexibility index (Phi) is 5.17. The van der Waals surface area contributed by atoms with Gasteiger partial charge in [-0.3, -0.25) is 9.59 Å². The van der Waals surface area contributed by atoms with Gasteiger partial charge in [-0.15, -0.1) is 0 Å². The number of nitrogens with two attached hydrogens (primary N) is 1. The van der Waals surface area contributed by atoms with Crippen LogP contribution in [0.1, 0.15) is 29.9 Å². The molecule has 2 aromatic carbocycles. The van der Waals surface area contributed by atoms with E-state index in [4.69, 9.17) is 10.2 Å². The van der Waals surface area contributed by atoms with E-state index in [1.807, 2.05) is 37.3 Å². The first-order valence-electron chi connectivity index (χ1n) is 8.43. The van der Waals surface area contributed by atoms with Crippen molar-refractivity contribution in [3.8, 4) is 0 Å². The predicted molar refractivity (Wildman–Crippen MR) is 101 cm³/mol. The molecule has 0 fully saturated rings. The van der Waals surface area contributed by atoms with Crippen LogP contribution in [-0.2, 0) is 16.0 Å². The summed E-state index contributed by atoms with van der Waals surface area (Å²) in [7, 11) is 0. The molecule has 0 unspecified atom stereocenters. The molecule has 0 radical (unpaired) electrons. The topological polar surface area (TPSA) is 85.3 Å². The standard InChI is InChI=1S/C21H20N2O3/c1-2-17-16(15-10-6-7-11-18(15)26-17)12-13-19(24)23-20(21(22)25)14-8-4-3-5-9-14/h3-13,20H,2H2,1H3,(H2,22,25)(H,23,24)/b13-12-/t20-/m0/s1. The Morgan fingerprint density at radius 3 is 2.50 bits per heavy atom. The molecule has 3 N–H and O–H groups in total. The third-order valence-electron chi connectivity index (χ3n) is 4.14. The van der Waals surface area contributed by atoms with Crippen LogP contribution in [0.5, 0.6) is 0 Å². The van der Waals surface area contributed by atoms with Gasteiger partial charge < -0.3 is 15.5 Å². The molecular formula is C21H20N2O3. The Morgan fingerprint density at radius 1 is 1.12 bits per heavy atom. The summed E-state index contributed by atoms with van der Waals surface area (Å²) in [6.07, 6.45) is 3.82. The number of hydrogen-bond donors (Lipinski definition) is 2. The van der Waals surface area contributed by atoms with Crippen LogP contribution in [0, 0.1) is 0 Å². The molecule has 0 spiro atoms. The van der Waals surface area contributed by atoms with Crippen molar-refractivity contribution in [2.75, 3.05) is 0 Å². The van der Waals surface area contributed by atoms with E-state index >= 15 is 0 Å². The third kappa shape index (κ3) is 3.67. The van der Waals surface area contributed by atoms with Crippen molar-refractivity contribution in [1.82, 2.24) is 5.32 Å². The van der Waals surface area contributed by atoms with Crippen molar-refractivity contribution in [2.24, 2.45) is 5.73 Å². The minimum Gasteiger partial charge on any atom is -0.460 e. The Bertz CT molecular complexity index is 958. The Hall–Kier alpha value is -3.34. The molecule has 1 heterocycles. The number of carbonyl (C=O) groups is 2. The molecule has 3 aromatic rings. The van der Waals surface area contributed by atoms with Crippen molar-refractivity contribution < 1.29 is 14.0 Å². The van der Waals surface area contributed by atoms with E-state index in [1.54, 1.807) is 30.3 Å². The van der Waals surface area contributed by atoms with Gasteiger partial charge in [0.05, 0.1) is 0 Å². The minimum atomic E-state index is -0.875. The lowest BCUT2D eigenvalue weighted by molar-refractivity contribution is -0.125. The van der Waals surface area contributed by atoms with Gasteiger partial charge in [-0.2, -0.15) is 0 Å². The summed E-state index contributed by atoms with van der Waals surface area (Å²) in [5, 5.41) is 3.60. The molecule has 0 bridgehead atoms. The lowest BCUT2D eigenvalue weighted by atomic mass is 10.1. The first-order chi connectivity index (χ1) is 12.6. The molecular weight excluding hydrogens is 328 g/mol. The van der Waals surface area contributed by atoms with Gasteiger partial charge in [-0.25, -0.2) is 0 Å². The summed E-state index contributed by atoms with van der Waals surface area (Å²) >= 11 is 0. The monoisotopic (exact) mass is 348 g/mol. The molecule has 0 aliphatic carbocycles. The number of carbonyl (C=O) groups excluding carboxylic acids is 2. The molecule has 26 heavy (non-hydrogen) atoms. The van der Waals surface area contributed by atoms with E-state index in [2.05, 4.69) is 5.32 Å². The van der Waals surface area contributed by atoms with Gasteiger partial charge in [0.25, 0.3) is 0 Å². The number of nitrogens with one attached hydrogen (secondary N) is 1. The summed E-state index contributed by atoms with van der Waals surface area (Å²) in [5.41, 5.74) is 7.73. The van der Waals surface area contributed by atoms with Crippen molar-refractivity contribution in [3.05, 3.63) is 77.6 Å². The van der Waals surface area contributed by atoms with Crippen LogP contribution in [0.3, 0.4) is 0 Å². The van der Waals surface area contributed by atoms with Gasteiger partial charge in [0.1, 0.15) is 17.4 Å². The van der Waals surface area contributed by atoms with Crippen LogP contribution in [0.15, 0.2) is 65.1 Å². The molecule has 5 nitrogen and oxygen atoms in total. The molecule has 132 valence electrons. The number of primary amides is 1. The van der Waals surface area contributed by atoms with Gasteiger partial charge in [0, 0.05) is 23.4 Å². The number of para-hydroxylation sites is 1. The highest BCUT2D eigenvalue weighted by Crippen LogP contribution is 2.27. The molecule has 5 heteroatoms. The van der Waals surface area contributed by atoms with Crippen molar-refractivity contribution in [1.29, 1.82) is 0 Å². The zero-order chi connectivity index (χ0) is 18.5. The fourth-order valence-electron chi connectivity index (χ4n) is 2.88. The van der Waals surface area contributed by atoms with Gasteiger partial charge in [0.2, 0.25) is 11.8 Å². The van der Waals surface area contributed by atoms with Gasteiger partial charge >= 0.3 is 0 Å². The molecule has 1 atom stereocenters. The van der Waals surface area contributed by atoms with Crippen LogP contribution in [-0.4, -0.2) is 11.8 Å². The second kappa shape index (κ2) is 7.70. The summed E-state index contributed by atoms with van der Waals surface area (Å²) in [6.45, 7) is 1.99. The predicted octanol–water partition coefficient (Wildman–Crippen LogP) is 3.35. The van der Waals surface area contributed by atoms with Gasteiger partial charge in [-0.05, 0) is 17.7 Å². The number of hydrogen-bond acceptors (Lipinski definition) is 3. The quantitative estimate of drug-likeness (QED) is 0.670. The van der Waals surface area contributed by atoms with E-state index < -0.39 is 17.9 Å². The van der Waals surface area contributed by atoms with E-state index in [0.717, 1.165) is 22.3 Å². The number of rotatable bonds is 6. The van der Waals surface area contributed by atoms with Gasteiger partial charge in [0.15, 0.2) is 0 Å². The highest BCUT2D eigenvalue weighted by molar-refractivity contribution is 5.98. The minimum absolute atomic E-state index is 0.398. The molecule has 0 aliphatic rings. The van der Waals surface area contributed by atoms with E-state index in [-0.39, 0.29) is 0 Å². The van der Waals surface area contributed by atoms with Crippen LogP contribution in [0.2, 0.25) is 0 Å². The summed E-state index contributed by atoms with van der Waals surface area (Å²) < 4.78 is 5.81. The van der Waals surface area contributed by atoms with Crippen LogP contribution in [0.25, 0.3) is 17.0 Å². The lowest BCUT2D eigenvalue weighted by Gasteiger charge is -2.14. The number of fused-ring (bicyclic) bond motifs is 1. The molecule has 0 aliphatic heterocycles. The number of amides is 2. The molecule has 2 amide bonds. The van der Waals surface area contributed by atoms with Gasteiger partial charge in [-0.1, -0.05) is 55.5 Å². The molecule has 0 saturated carbocycles. The fourth-order valence-corrected chi connectivity index (χ4v) is 2.88. The van der Waals surface area contributed by atoms with Crippen LogP contribution in [0.4, 0.5) is 0 Å². The van der Waals surface area contributed by atoms with Crippen LogP contribution >= 0.6 is 0 Å².